The number of ether oxygens (including phenoxy) is 1. The second kappa shape index (κ2) is 13.3. The first-order valence-corrected chi connectivity index (χ1v) is 9.48. The van der Waals surface area contributed by atoms with Gasteiger partial charge in [-0.2, -0.15) is 0 Å². The van der Waals surface area contributed by atoms with Crippen LogP contribution in [0.3, 0.4) is 0 Å². The highest BCUT2D eigenvalue weighted by atomic mass is 16.5. The summed E-state index contributed by atoms with van der Waals surface area (Å²) in [5.41, 5.74) is 0. The second-order valence-electron chi connectivity index (χ2n) is 6.61. The molecule has 0 amide bonds. The number of aliphatic hydroxyl groups is 1. The molecular formula is C18H38N2O2. The van der Waals surface area contributed by atoms with E-state index in [4.69, 9.17) is 4.74 Å². The molecule has 1 aliphatic heterocycles. The van der Waals surface area contributed by atoms with Gasteiger partial charge in [-0.1, -0.05) is 46.0 Å². The van der Waals surface area contributed by atoms with Gasteiger partial charge in [0.05, 0.1) is 12.7 Å². The van der Waals surface area contributed by atoms with E-state index in [0.717, 1.165) is 45.6 Å². The van der Waals surface area contributed by atoms with Crippen LogP contribution in [0.25, 0.3) is 0 Å². The number of nitrogens with zero attached hydrogens (tertiary/aromatic N) is 1. The lowest BCUT2D eigenvalue weighted by Gasteiger charge is -2.36. The Morgan fingerprint density at radius 1 is 1.18 bits per heavy atom. The molecule has 4 nitrogen and oxygen atoms in total. The largest absolute Gasteiger partial charge is 0.391 e. The summed E-state index contributed by atoms with van der Waals surface area (Å²) >= 11 is 0. The maximum Gasteiger partial charge on any atom is 0.0785 e. The van der Waals surface area contributed by atoms with Crippen molar-refractivity contribution in [3.63, 3.8) is 0 Å². The monoisotopic (exact) mass is 314 g/mol. The fourth-order valence-corrected chi connectivity index (χ4v) is 3.08. The van der Waals surface area contributed by atoms with Crippen molar-refractivity contribution < 1.29 is 9.84 Å². The van der Waals surface area contributed by atoms with E-state index < -0.39 is 0 Å². The van der Waals surface area contributed by atoms with Gasteiger partial charge in [0.15, 0.2) is 0 Å². The van der Waals surface area contributed by atoms with Gasteiger partial charge in [0.1, 0.15) is 0 Å². The average Bonchev–Trinajstić information content (AvgIpc) is 2.54. The van der Waals surface area contributed by atoms with Crippen LogP contribution < -0.4 is 5.32 Å². The normalized spacial score (nSPS) is 21.1. The minimum Gasteiger partial charge on any atom is -0.391 e. The lowest BCUT2D eigenvalue weighted by atomic mass is 10.0. The Kier molecular flexibility index (Phi) is 12.0. The lowest BCUT2D eigenvalue weighted by Crippen LogP contribution is -2.51. The fraction of sp³-hybridized carbons (Fsp3) is 1.00. The van der Waals surface area contributed by atoms with E-state index >= 15 is 0 Å². The molecule has 0 aromatic rings. The highest BCUT2D eigenvalue weighted by Gasteiger charge is 2.22. The van der Waals surface area contributed by atoms with Crippen molar-refractivity contribution in [2.24, 2.45) is 0 Å². The summed E-state index contributed by atoms with van der Waals surface area (Å²) in [7, 11) is 0. The number of rotatable bonds is 13. The molecule has 1 rings (SSSR count). The minimum atomic E-state index is -0.312. The van der Waals surface area contributed by atoms with Crippen molar-refractivity contribution in [3.8, 4) is 0 Å². The topological polar surface area (TPSA) is 44.7 Å². The molecule has 22 heavy (non-hydrogen) atoms. The van der Waals surface area contributed by atoms with Crippen molar-refractivity contribution in [1.82, 2.24) is 10.2 Å². The summed E-state index contributed by atoms with van der Waals surface area (Å²) in [6, 6.07) is 0.651. The Morgan fingerprint density at radius 2 is 1.95 bits per heavy atom. The Balaban J connectivity index is 2.13. The van der Waals surface area contributed by atoms with Crippen LogP contribution in [-0.4, -0.2) is 61.5 Å². The molecule has 2 atom stereocenters. The van der Waals surface area contributed by atoms with Gasteiger partial charge in [-0.15, -0.1) is 0 Å². The molecule has 1 fully saturated rings. The number of aliphatic hydroxyl groups excluding tert-OH is 1. The summed E-state index contributed by atoms with van der Waals surface area (Å²) in [5, 5.41) is 13.6. The van der Waals surface area contributed by atoms with Crippen molar-refractivity contribution in [3.05, 3.63) is 0 Å². The van der Waals surface area contributed by atoms with Gasteiger partial charge in [-0.05, 0) is 19.3 Å². The van der Waals surface area contributed by atoms with Gasteiger partial charge in [0, 0.05) is 38.8 Å². The Bertz CT molecular complexity index is 251. The number of unbranched alkanes of at least 4 members (excludes halogenated alkanes) is 4. The number of nitrogens with one attached hydrogen (secondary N) is 1. The maximum atomic E-state index is 10.1. The van der Waals surface area contributed by atoms with Crippen LogP contribution in [0.1, 0.15) is 65.2 Å². The zero-order valence-electron chi connectivity index (χ0n) is 14.9. The molecule has 2 N–H and O–H groups in total. The number of hydrogen-bond donors (Lipinski definition) is 2. The molecule has 1 heterocycles. The van der Waals surface area contributed by atoms with Crippen LogP contribution in [0, 0.1) is 0 Å². The van der Waals surface area contributed by atoms with Crippen LogP contribution in [0.5, 0.6) is 0 Å². The summed E-state index contributed by atoms with van der Waals surface area (Å²) in [5.74, 6) is 0. The molecule has 1 aliphatic rings. The molecular weight excluding hydrogens is 276 g/mol. The van der Waals surface area contributed by atoms with E-state index in [-0.39, 0.29) is 6.10 Å². The van der Waals surface area contributed by atoms with Crippen molar-refractivity contribution in [1.29, 1.82) is 0 Å². The van der Waals surface area contributed by atoms with Gasteiger partial charge < -0.3 is 15.2 Å². The highest BCUT2D eigenvalue weighted by Crippen LogP contribution is 2.13. The first kappa shape index (κ1) is 19.9. The van der Waals surface area contributed by atoms with Gasteiger partial charge in [0.2, 0.25) is 0 Å². The molecule has 0 aliphatic carbocycles. The summed E-state index contributed by atoms with van der Waals surface area (Å²) in [4.78, 5) is 2.56. The van der Waals surface area contributed by atoms with Crippen LogP contribution >= 0.6 is 0 Å². The Hall–Kier alpha value is -0.160. The van der Waals surface area contributed by atoms with E-state index in [1.165, 1.54) is 38.5 Å². The predicted octanol–water partition coefficient (Wildman–Crippen LogP) is 2.80. The molecule has 0 aromatic carbocycles. The van der Waals surface area contributed by atoms with Crippen LogP contribution in [0.2, 0.25) is 0 Å². The first-order chi connectivity index (χ1) is 10.8. The highest BCUT2D eigenvalue weighted by molar-refractivity contribution is 4.80. The third-order valence-electron chi connectivity index (χ3n) is 4.57. The molecule has 0 aromatic heterocycles. The SMILES string of the molecule is CCCCCOCC(O)CCN1CCNCC1CCCCC. The minimum absolute atomic E-state index is 0.312. The van der Waals surface area contributed by atoms with Crippen LogP contribution in [-0.2, 0) is 4.74 Å². The third kappa shape index (κ3) is 9.09. The standard InChI is InChI=1S/C18H38N2O2/c1-3-5-7-9-17-15-19-11-13-20(17)12-10-18(21)16-22-14-8-6-4-2/h17-19,21H,3-16H2,1-2H3. The molecule has 1 saturated heterocycles. The van der Waals surface area contributed by atoms with E-state index in [0.29, 0.717) is 12.6 Å². The van der Waals surface area contributed by atoms with Crippen molar-refractivity contribution >= 4 is 0 Å². The first-order valence-electron chi connectivity index (χ1n) is 9.48. The quantitative estimate of drug-likeness (QED) is 0.513. The molecule has 2 unspecified atom stereocenters. The van der Waals surface area contributed by atoms with Gasteiger partial charge in [-0.3, -0.25) is 4.90 Å². The van der Waals surface area contributed by atoms with E-state index in [9.17, 15) is 5.11 Å². The van der Waals surface area contributed by atoms with Gasteiger partial charge in [-0.25, -0.2) is 0 Å². The molecule has 0 saturated carbocycles. The predicted molar refractivity (Wildman–Crippen MR) is 93.3 cm³/mol. The van der Waals surface area contributed by atoms with Crippen LogP contribution in [0.4, 0.5) is 0 Å². The fourth-order valence-electron chi connectivity index (χ4n) is 3.08. The second-order valence-corrected chi connectivity index (χ2v) is 6.61. The van der Waals surface area contributed by atoms with Crippen molar-refractivity contribution in [2.75, 3.05) is 39.4 Å². The van der Waals surface area contributed by atoms with E-state index in [1.807, 2.05) is 0 Å². The molecule has 0 radical (unpaired) electrons. The maximum absolute atomic E-state index is 10.1. The zero-order valence-corrected chi connectivity index (χ0v) is 14.9. The van der Waals surface area contributed by atoms with Crippen LogP contribution in [0.15, 0.2) is 0 Å². The number of piperazine rings is 1. The smallest absolute Gasteiger partial charge is 0.0785 e. The third-order valence-corrected chi connectivity index (χ3v) is 4.57. The number of hydrogen-bond acceptors (Lipinski definition) is 4. The average molecular weight is 315 g/mol. The summed E-state index contributed by atoms with van der Waals surface area (Å²) in [6.07, 6.45) is 9.29. The summed E-state index contributed by atoms with van der Waals surface area (Å²) < 4.78 is 5.56. The van der Waals surface area contributed by atoms with Crippen molar-refractivity contribution in [2.45, 2.75) is 77.4 Å². The Labute approximate surface area is 137 Å². The van der Waals surface area contributed by atoms with E-state index in [1.54, 1.807) is 0 Å². The molecule has 132 valence electrons. The zero-order chi connectivity index (χ0) is 16.0. The Morgan fingerprint density at radius 3 is 2.73 bits per heavy atom. The van der Waals surface area contributed by atoms with Gasteiger partial charge >= 0.3 is 0 Å². The van der Waals surface area contributed by atoms with E-state index in [2.05, 4.69) is 24.1 Å². The molecule has 0 spiro atoms. The molecule has 4 heteroatoms. The molecule has 0 bridgehead atoms. The lowest BCUT2D eigenvalue weighted by molar-refractivity contribution is 0.0212. The summed E-state index contributed by atoms with van der Waals surface area (Å²) in [6.45, 7) is 10.0. The van der Waals surface area contributed by atoms with Gasteiger partial charge in [0.25, 0.3) is 0 Å².